The number of para-hydroxylation sites is 1. The molecule has 0 spiro atoms. The zero-order valence-corrected chi connectivity index (χ0v) is 10.5. The SMILES string of the molecule is O=C(O)c1cnc2ccccc2c1NCc1ccoc1. The van der Waals surface area contributed by atoms with E-state index >= 15 is 0 Å². The summed E-state index contributed by atoms with van der Waals surface area (Å²) >= 11 is 0. The van der Waals surface area contributed by atoms with Crippen LogP contribution in [0, 0.1) is 0 Å². The second kappa shape index (κ2) is 5.05. The lowest BCUT2D eigenvalue weighted by Gasteiger charge is -2.11. The largest absolute Gasteiger partial charge is 0.478 e. The maximum atomic E-state index is 11.3. The van der Waals surface area contributed by atoms with Gasteiger partial charge in [-0.25, -0.2) is 4.79 Å². The van der Waals surface area contributed by atoms with Gasteiger partial charge in [-0.05, 0) is 12.1 Å². The molecule has 1 aromatic carbocycles. The van der Waals surface area contributed by atoms with E-state index in [4.69, 9.17) is 4.42 Å². The highest BCUT2D eigenvalue weighted by atomic mass is 16.4. The number of anilines is 1. The van der Waals surface area contributed by atoms with E-state index in [2.05, 4.69) is 10.3 Å². The zero-order chi connectivity index (χ0) is 13.9. The molecule has 2 heterocycles. The molecule has 0 unspecified atom stereocenters. The van der Waals surface area contributed by atoms with Crippen LogP contribution >= 0.6 is 0 Å². The molecule has 0 saturated carbocycles. The Morgan fingerprint density at radius 3 is 2.90 bits per heavy atom. The van der Waals surface area contributed by atoms with Crippen LogP contribution in [0.15, 0.2) is 53.5 Å². The minimum absolute atomic E-state index is 0.159. The predicted octanol–water partition coefficient (Wildman–Crippen LogP) is 3.14. The van der Waals surface area contributed by atoms with E-state index in [0.717, 1.165) is 16.5 Å². The molecule has 2 aromatic heterocycles. The Hall–Kier alpha value is -2.82. The second-order valence-electron chi connectivity index (χ2n) is 4.35. The number of hydrogen-bond donors (Lipinski definition) is 2. The molecule has 0 aliphatic heterocycles. The number of benzene rings is 1. The van der Waals surface area contributed by atoms with Crippen molar-refractivity contribution in [3.8, 4) is 0 Å². The number of nitrogens with zero attached hydrogens (tertiary/aromatic N) is 1. The Balaban J connectivity index is 2.05. The van der Waals surface area contributed by atoms with Crippen LogP contribution in [0.4, 0.5) is 5.69 Å². The zero-order valence-electron chi connectivity index (χ0n) is 10.5. The number of pyridine rings is 1. The number of carbonyl (C=O) groups is 1. The Labute approximate surface area is 114 Å². The van der Waals surface area contributed by atoms with Gasteiger partial charge in [-0.2, -0.15) is 0 Å². The van der Waals surface area contributed by atoms with Gasteiger partial charge in [0.25, 0.3) is 0 Å². The first kappa shape index (κ1) is 12.2. The van der Waals surface area contributed by atoms with Gasteiger partial charge in [0, 0.05) is 23.7 Å². The standard InChI is InChI=1S/C15H12N2O3/c18-15(19)12-8-16-13-4-2-1-3-11(13)14(12)17-7-10-5-6-20-9-10/h1-6,8-9H,7H2,(H,16,17)(H,18,19). The quantitative estimate of drug-likeness (QED) is 0.760. The summed E-state index contributed by atoms with van der Waals surface area (Å²) in [5.74, 6) is -1.00. The van der Waals surface area contributed by atoms with Crippen LogP contribution in [0.2, 0.25) is 0 Å². The summed E-state index contributed by atoms with van der Waals surface area (Å²) in [6.07, 6.45) is 4.58. The van der Waals surface area contributed by atoms with E-state index in [9.17, 15) is 9.90 Å². The van der Waals surface area contributed by atoms with Gasteiger partial charge in [0.2, 0.25) is 0 Å². The molecule has 0 bridgehead atoms. The van der Waals surface area contributed by atoms with Crippen molar-refractivity contribution < 1.29 is 14.3 Å². The number of rotatable bonds is 4. The number of aromatic nitrogens is 1. The molecule has 0 saturated heterocycles. The van der Waals surface area contributed by atoms with E-state index in [-0.39, 0.29) is 5.56 Å². The van der Waals surface area contributed by atoms with Crippen molar-refractivity contribution in [1.82, 2.24) is 4.98 Å². The summed E-state index contributed by atoms with van der Waals surface area (Å²) in [7, 11) is 0. The number of fused-ring (bicyclic) bond motifs is 1. The summed E-state index contributed by atoms with van der Waals surface area (Å²) in [5, 5.41) is 13.2. The summed E-state index contributed by atoms with van der Waals surface area (Å²) in [5.41, 5.74) is 2.44. The van der Waals surface area contributed by atoms with Gasteiger partial charge in [0.05, 0.1) is 23.7 Å². The lowest BCUT2D eigenvalue weighted by Crippen LogP contribution is -2.07. The Bertz CT molecular complexity index is 751. The van der Waals surface area contributed by atoms with Crippen LogP contribution in [-0.4, -0.2) is 16.1 Å². The topological polar surface area (TPSA) is 75.4 Å². The van der Waals surface area contributed by atoms with Crippen LogP contribution in [0.5, 0.6) is 0 Å². The van der Waals surface area contributed by atoms with Crippen LogP contribution in [0.1, 0.15) is 15.9 Å². The van der Waals surface area contributed by atoms with Gasteiger partial charge in [0.1, 0.15) is 5.56 Å². The first-order chi connectivity index (χ1) is 9.75. The van der Waals surface area contributed by atoms with Crippen molar-refractivity contribution in [3.05, 3.63) is 60.2 Å². The first-order valence-electron chi connectivity index (χ1n) is 6.11. The van der Waals surface area contributed by atoms with Crippen LogP contribution in [0.3, 0.4) is 0 Å². The molecule has 5 heteroatoms. The molecular formula is C15H12N2O3. The molecule has 0 amide bonds. The van der Waals surface area contributed by atoms with Crippen LogP contribution < -0.4 is 5.32 Å². The van der Waals surface area contributed by atoms with Crippen LogP contribution in [0.25, 0.3) is 10.9 Å². The van der Waals surface area contributed by atoms with Crippen molar-refractivity contribution >= 4 is 22.6 Å². The molecule has 20 heavy (non-hydrogen) atoms. The molecule has 5 nitrogen and oxygen atoms in total. The van der Waals surface area contributed by atoms with Gasteiger partial charge in [-0.1, -0.05) is 18.2 Å². The summed E-state index contributed by atoms with van der Waals surface area (Å²) in [4.78, 5) is 15.5. The highest BCUT2D eigenvalue weighted by Gasteiger charge is 2.14. The van der Waals surface area contributed by atoms with Gasteiger partial charge in [-0.15, -0.1) is 0 Å². The molecule has 0 atom stereocenters. The normalized spacial score (nSPS) is 10.6. The maximum absolute atomic E-state index is 11.3. The fraction of sp³-hybridized carbons (Fsp3) is 0.0667. The fourth-order valence-corrected chi connectivity index (χ4v) is 2.08. The summed E-state index contributed by atoms with van der Waals surface area (Å²) < 4.78 is 5.00. The Morgan fingerprint density at radius 2 is 2.15 bits per heavy atom. The average Bonchev–Trinajstić information content (AvgIpc) is 2.97. The van der Waals surface area contributed by atoms with Gasteiger partial charge < -0.3 is 14.8 Å². The molecule has 100 valence electrons. The predicted molar refractivity (Wildman–Crippen MR) is 74.7 cm³/mol. The van der Waals surface area contributed by atoms with Crippen LogP contribution in [-0.2, 0) is 6.54 Å². The van der Waals surface area contributed by atoms with Gasteiger partial charge in [-0.3, -0.25) is 4.98 Å². The van der Waals surface area contributed by atoms with E-state index < -0.39 is 5.97 Å². The lowest BCUT2D eigenvalue weighted by molar-refractivity contribution is 0.0697. The van der Waals surface area contributed by atoms with E-state index in [1.54, 1.807) is 12.5 Å². The fourth-order valence-electron chi connectivity index (χ4n) is 2.08. The minimum atomic E-state index is -1.00. The third-order valence-corrected chi connectivity index (χ3v) is 3.06. The Morgan fingerprint density at radius 1 is 1.30 bits per heavy atom. The molecule has 0 radical (unpaired) electrons. The molecular weight excluding hydrogens is 256 g/mol. The van der Waals surface area contributed by atoms with E-state index in [0.29, 0.717) is 12.2 Å². The number of carboxylic acid groups (broad SMARTS) is 1. The number of aromatic carboxylic acids is 1. The lowest BCUT2D eigenvalue weighted by atomic mass is 10.1. The second-order valence-corrected chi connectivity index (χ2v) is 4.35. The minimum Gasteiger partial charge on any atom is -0.478 e. The van der Waals surface area contributed by atoms with Gasteiger partial charge in [0.15, 0.2) is 0 Å². The maximum Gasteiger partial charge on any atom is 0.339 e. The summed E-state index contributed by atoms with van der Waals surface area (Å²) in [6.45, 7) is 0.491. The number of nitrogens with one attached hydrogen (secondary N) is 1. The van der Waals surface area contributed by atoms with Crippen molar-refractivity contribution in [2.75, 3.05) is 5.32 Å². The Kier molecular flexibility index (Phi) is 3.09. The van der Waals surface area contributed by atoms with Crippen molar-refractivity contribution in [2.24, 2.45) is 0 Å². The third-order valence-electron chi connectivity index (χ3n) is 3.06. The molecule has 0 fully saturated rings. The highest BCUT2D eigenvalue weighted by Crippen LogP contribution is 2.26. The molecule has 3 rings (SSSR count). The smallest absolute Gasteiger partial charge is 0.339 e. The van der Waals surface area contributed by atoms with Crippen molar-refractivity contribution in [2.45, 2.75) is 6.54 Å². The molecule has 3 aromatic rings. The van der Waals surface area contributed by atoms with E-state index in [1.807, 2.05) is 30.3 Å². The monoisotopic (exact) mass is 268 g/mol. The highest BCUT2D eigenvalue weighted by molar-refractivity contribution is 6.04. The van der Waals surface area contributed by atoms with Crippen molar-refractivity contribution in [1.29, 1.82) is 0 Å². The molecule has 0 aliphatic rings. The number of furan rings is 1. The van der Waals surface area contributed by atoms with Crippen molar-refractivity contribution in [3.63, 3.8) is 0 Å². The molecule has 0 aliphatic carbocycles. The average molecular weight is 268 g/mol. The first-order valence-corrected chi connectivity index (χ1v) is 6.11. The third kappa shape index (κ3) is 2.21. The number of hydrogen-bond acceptors (Lipinski definition) is 4. The van der Waals surface area contributed by atoms with E-state index in [1.165, 1.54) is 6.20 Å². The number of carboxylic acids is 1. The summed E-state index contributed by atoms with van der Waals surface area (Å²) in [6, 6.07) is 9.27. The van der Waals surface area contributed by atoms with Gasteiger partial charge >= 0.3 is 5.97 Å². The molecule has 2 N–H and O–H groups in total.